The average Bonchev–Trinajstić information content (AvgIpc) is 2.77. The van der Waals surface area contributed by atoms with Gasteiger partial charge in [0.15, 0.2) is 0 Å². The van der Waals surface area contributed by atoms with E-state index in [-0.39, 0.29) is 5.91 Å². The largest absolute Gasteiger partial charge is 0.383 e. The number of carbonyl (C=O) groups excluding carboxylic acids is 1. The number of benzene rings is 1. The zero-order chi connectivity index (χ0) is 16.8. The van der Waals surface area contributed by atoms with Gasteiger partial charge in [0.1, 0.15) is 0 Å². The minimum atomic E-state index is 0.0249. The maximum Gasteiger partial charge on any atom is 0.261 e. The molecule has 1 unspecified atom stereocenters. The van der Waals surface area contributed by atoms with Gasteiger partial charge in [0, 0.05) is 24.4 Å². The summed E-state index contributed by atoms with van der Waals surface area (Å²) in [7, 11) is 1.65. The molecule has 0 radical (unpaired) electrons. The number of ether oxygens (including phenoxy) is 1. The molecular weight excluding hydrogens is 320 g/mol. The number of fused-ring (bicyclic) bond motifs is 1. The highest BCUT2D eigenvalue weighted by atomic mass is 32.1. The van der Waals surface area contributed by atoms with E-state index in [1.54, 1.807) is 18.4 Å². The first kappa shape index (κ1) is 17.4. The predicted octanol–water partition coefficient (Wildman–Crippen LogP) is 3.35. The molecule has 1 fully saturated rings. The molecule has 1 atom stereocenters. The van der Waals surface area contributed by atoms with Gasteiger partial charge in [-0.2, -0.15) is 0 Å². The fraction of sp³-hybridized carbons (Fsp3) is 0.526. The molecule has 1 saturated heterocycles. The van der Waals surface area contributed by atoms with E-state index in [4.69, 9.17) is 4.74 Å². The van der Waals surface area contributed by atoms with Crippen LogP contribution in [0.15, 0.2) is 24.3 Å². The van der Waals surface area contributed by atoms with E-state index in [2.05, 4.69) is 28.8 Å². The molecule has 0 spiro atoms. The SMILES string of the molecule is COCCNC(=O)c1sc2ccccc2c1CC1CCCCCN1. The summed E-state index contributed by atoms with van der Waals surface area (Å²) in [6.07, 6.45) is 5.95. The van der Waals surface area contributed by atoms with Crippen molar-refractivity contribution in [2.75, 3.05) is 26.8 Å². The molecule has 2 heterocycles. The van der Waals surface area contributed by atoms with Crippen LogP contribution in [0.25, 0.3) is 10.1 Å². The number of thiophene rings is 1. The third-order valence-electron chi connectivity index (χ3n) is 4.61. The normalized spacial score (nSPS) is 18.5. The Labute approximate surface area is 147 Å². The summed E-state index contributed by atoms with van der Waals surface area (Å²) in [5.74, 6) is 0.0249. The molecule has 130 valence electrons. The third-order valence-corrected chi connectivity index (χ3v) is 5.82. The zero-order valence-electron chi connectivity index (χ0n) is 14.3. The lowest BCUT2D eigenvalue weighted by atomic mass is 9.99. The molecule has 1 aliphatic rings. The van der Waals surface area contributed by atoms with Gasteiger partial charge < -0.3 is 15.4 Å². The predicted molar refractivity (Wildman–Crippen MR) is 100.0 cm³/mol. The Bertz CT molecular complexity index is 675. The van der Waals surface area contributed by atoms with E-state index in [9.17, 15) is 4.79 Å². The Hall–Kier alpha value is -1.43. The molecule has 0 bridgehead atoms. The van der Waals surface area contributed by atoms with Crippen molar-refractivity contribution in [2.24, 2.45) is 0 Å². The molecule has 0 saturated carbocycles. The van der Waals surface area contributed by atoms with Gasteiger partial charge in [0.2, 0.25) is 0 Å². The van der Waals surface area contributed by atoms with Gasteiger partial charge in [-0.1, -0.05) is 31.0 Å². The van der Waals surface area contributed by atoms with Crippen LogP contribution < -0.4 is 10.6 Å². The summed E-state index contributed by atoms with van der Waals surface area (Å²) in [5, 5.41) is 7.86. The van der Waals surface area contributed by atoms with Gasteiger partial charge in [-0.15, -0.1) is 11.3 Å². The van der Waals surface area contributed by atoms with Crippen molar-refractivity contribution in [3.63, 3.8) is 0 Å². The van der Waals surface area contributed by atoms with Gasteiger partial charge in [0.05, 0.1) is 11.5 Å². The molecule has 4 nitrogen and oxygen atoms in total. The highest BCUT2D eigenvalue weighted by Crippen LogP contribution is 2.33. The van der Waals surface area contributed by atoms with Gasteiger partial charge >= 0.3 is 0 Å². The quantitative estimate of drug-likeness (QED) is 0.789. The Balaban J connectivity index is 1.85. The van der Waals surface area contributed by atoms with E-state index in [0.29, 0.717) is 19.2 Å². The van der Waals surface area contributed by atoms with E-state index in [0.717, 1.165) is 17.8 Å². The van der Waals surface area contributed by atoms with Crippen LogP contribution in [0.1, 0.15) is 40.9 Å². The van der Waals surface area contributed by atoms with Crippen LogP contribution in [0.5, 0.6) is 0 Å². The maximum atomic E-state index is 12.6. The number of carbonyl (C=O) groups is 1. The lowest BCUT2D eigenvalue weighted by molar-refractivity contribution is 0.0940. The average molecular weight is 346 g/mol. The third kappa shape index (κ3) is 4.15. The van der Waals surface area contributed by atoms with E-state index < -0.39 is 0 Å². The molecule has 1 aliphatic heterocycles. The molecule has 1 aromatic heterocycles. The standard InChI is InChI=1S/C19H26N2O2S/c1-23-12-11-21-19(22)18-16(13-14-7-3-2-6-10-20-14)15-8-4-5-9-17(15)24-18/h4-5,8-9,14,20H,2-3,6-7,10-13H2,1H3,(H,21,22). The van der Waals surface area contributed by atoms with Crippen molar-refractivity contribution in [1.29, 1.82) is 0 Å². The molecule has 2 N–H and O–H groups in total. The fourth-order valence-electron chi connectivity index (χ4n) is 3.35. The zero-order valence-corrected chi connectivity index (χ0v) is 15.1. The van der Waals surface area contributed by atoms with Crippen LogP contribution in [0.2, 0.25) is 0 Å². The smallest absolute Gasteiger partial charge is 0.261 e. The highest BCUT2D eigenvalue weighted by Gasteiger charge is 2.21. The fourth-order valence-corrected chi connectivity index (χ4v) is 4.50. The summed E-state index contributed by atoms with van der Waals surface area (Å²) in [6.45, 7) is 2.17. The van der Waals surface area contributed by atoms with Crippen LogP contribution >= 0.6 is 11.3 Å². The van der Waals surface area contributed by atoms with Crippen molar-refractivity contribution >= 4 is 27.3 Å². The van der Waals surface area contributed by atoms with Crippen LogP contribution in [0.4, 0.5) is 0 Å². The lowest BCUT2D eigenvalue weighted by Crippen LogP contribution is -2.31. The summed E-state index contributed by atoms with van der Waals surface area (Å²) < 4.78 is 6.22. The Morgan fingerprint density at radius 1 is 1.33 bits per heavy atom. The van der Waals surface area contributed by atoms with Crippen LogP contribution in [-0.4, -0.2) is 38.8 Å². The molecule has 2 aromatic rings. The minimum Gasteiger partial charge on any atom is -0.383 e. The second-order valence-electron chi connectivity index (χ2n) is 6.36. The van der Waals surface area contributed by atoms with Crippen LogP contribution in [0, 0.1) is 0 Å². The number of amides is 1. The summed E-state index contributed by atoms with van der Waals surface area (Å²) in [4.78, 5) is 13.5. The first-order chi connectivity index (χ1) is 11.8. The van der Waals surface area contributed by atoms with Crippen LogP contribution in [-0.2, 0) is 11.2 Å². The van der Waals surface area contributed by atoms with E-state index in [1.165, 1.54) is 41.3 Å². The van der Waals surface area contributed by atoms with Crippen molar-refractivity contribution in [2.45, 2.75) is 38.1 Å². The van der Waals surface area contributed by atoms with Gasteiger partial charge in [-0.05, 0) is 42.8 Å². The molecule has 1 amide bonds. The Morgan fingerprint density at radius 2 is 2.21 bits per heavy atom. The molecule has 3 rings (SSSR count). The number of hydrogen-bond donors (Lipinski definition) is 2. The number of hydrogen-bond acceptors (Lipinski definition) is 4. The van der Waals surface area contributed by atoms with Crippen LogP contribution in [0.3, 0.4) is 0 Å². The second kappa shape index (κ2) is 8.60. The van der Waals surface area contributed by atoms with Gasteiger partial charge in [-0.3, -0.25) is 4.79 Å². The highest BCUT2D eigenvalue weighted by molar-refractivity contribution is 7.21. The van der Waals surface area contributed by atoms with Crippen molar-refractivity contribution in [3.05, 3.63) is 34.7 Å². The number of nitrogens with one attached hydrogen (secondary N) is 2. The first-order valence-corrected chi connectivity index (χ1v) is 9.62. The summed E-state index contributed by atoms with van der Waals surface area (Å²) in [5.41, 5.74) is 1.20. The van der Waals surface area contributed by atoms with Gasteiger partial charge in [0.25, 0.3) is 5.91 Å². The summed E-state index contributed by atoms with van der Waals surface area (Å²) >= 11 is 1.60. The van der Waals surface area contributed by atoms with Gasteiger partial charge in [-0.25, -0.2) is 0 Å². The maximum absolute atomic E-state index is 12.6. The van der Waals surface area contributed by atoms with E-state index >= 15 is 0 Å². The summed E-state index contributed by atoms with van der Waals surface area (Å²) in [6, 6.07) is 8.82. The molecule has 5 heteroatoms. The topological polar surface area (TPSA) is 50.4 Å². The molecule has 1 aromatic carbocycles. The molecule has 0 aliphatic carbocycles. The monoisotopic (exact) mass is 346 g/mol. The molecular formula is C19H26N2O2S. The second-order valence-corrected chi connectivity index (χ2v) is 7.41. The van der Waals surface area contributed by atoms with E-state index in [1.807, 2.05) is 6.07 Å². The molecule has 24 heavy (non-hydrogen) atoms. The van der Waals surface area contributed by atoms with Crippen molar-refractivity contribution < 1.29 is 9.53 Å². The first-order valence-electron chi connectivity index (χ1n) is 8.80. The Kier molecular flexibility index (Phi) is 6.24. The number of rotatable bonds is 6. The minimum absolute atomic E-state index is 0.0249. The number of methoxy groups -OCH3 is 1. The Morgan fingerprint density at radius 3 is 3.08 bits per heavy atom. The van der Waals surface area contributed by atoms with Crippen molar-refractivity contribution in [1.82, 2.24) is 10.6 Å². The lowest BCUT2D eigenvalue weighted by Gasteiger charge is -2.16. The van der Waals surface area contributed by atoms with Crippen molar-refractivity contribution in [3.8, 4) is 0 Å².